The molecule has 0 aromatic rings. The Labute approximate surface area is 368 Å². The molecule has 0 radical (unpaired) electrons. The number of hydrogen-bond donors (Lipinski definition) is 2. The van der Waals surface area contributed by atoms with Crippen molar-refractivity contribution in [3.8, 4) is 0 Å². The molecule has 59 heavy (non-hydrogen) atoms. The van der Waals surface area contributed by atoms with Crippen LogP contribution in [-0.4, -0.2) is 80.3 Å². The summed E-state index contributed by atoms with van der Waals surface area (Å²) in [6.07, 6.45) is 46.7. The lowest BCUT2D eigenvalue weighted by Crippen LogP contribution is -2.38. The average molecular weight is 833 g/mol. The third kappa shape index (κ3) is 45.9. The molecule has 0 aromatic carbocycles. The summed E-state index contributed by atoms with van der Waals surface area (Å²) in [5.74, 6) is 0.609. The largest absolute Gasteiger partial charge is 0.356 e. The number of nitrogens with one attached hydrogen (secondary N) is 2. The van der Waals surface area contributed by atoms with Gasteiger partial charge in [0.05, 0.1) is 0 Å². The molecule has 0 aliphatic rings. The third-order valence-electron chi connectivity index (χ3n) is 12.4. The van der Waals surface area contributed by atoms with E-state index in [4.69, 9.17) is 0 Å². The van der Waals surface area contributed by atoms with Gasteiger partial charge in [0.25, 0.3) is 0 Å². The third-order valence-corrected chi connectivity index (χ3v) is 12.4. The Kier molecular flexibility index (Phi) is 46.4. The van der Waals surface area contributed by atoms with Crippen LogP contribution in [0.5, 0.6) is 0 Å². The molecule has 0 aliphatic carbocycles. The van der Waals surface area contributed by atoms with Gasteiger partial charge in [0.2, 0.25) is 11.8 Å². The predicted octanol–water partition coefficient (Wildman–Crippen LogP) is 13.9. The molecule has 350 valence electrons. The Balaban J connectivity index is 4.39. The van der Waals surface area contributed by atoms with Crippen molar-refractivity contribution >= 4 is 17.6 Å². The molecule has 0 rings (SSSR count). The second kappa shape index (κ2) is 47.6. The number of hydrogen-bond acceptors (Lipinski definition) is 5. The van der Waals surface area contributed by atoms with Crippen LogP contribution < -0.4 is 10.6 Å². The zero-order valence-electron chi connectivity index (χ0n) is 40.4. The summed E-state index contributed by atoms with van der Waals surface area (Å²) >= 11 is 0. The lowest BCUT2D eigenvalue weighted by Gasteiger charge is -2.25. The second-order valence-corrected chi connectivity index (χ2v) is 18.3. The molecule has 2 N–H and O–H groups in total. The summed E-state index contributed by atoms with van der Waals surface area (Å²) in [6.45, 7) is 12.1. The van der Waals surface area contributed by atoms with E-state index in [9.17, 15) is 14.4 Å². The highest BCUT2D eigenvalue weighted by atomic mass is 16.2. The molecule has 7 heteroatoms. The van der Waals surface area contributed by atoms with Crippen LogP contribution in [0.1, 0.15) is 265 Å². The van der Waals surface area contributed by atoms with Gasteiger partial charge in [-0.05, 0) is 26.3 Å². The number of unbranched alkanes of at least 4 members (excludes halogenated alkanes) is 31. The van der Waals surface area contributed by atoms with Gasteiger partial charge in [0.1, 0.15) is 5.78 Å². The molecular weight excluding hydrogens is 729 g/mol. The van der Waals surface area contributed by atoms with Crippen molar-refractivity contribution in [1.82, 2.24) is 20.4 Å². The van der Waals surface area contributed by atoms with E-state index < -0.39 is 0 Å². The van der Waals surface area contributed by atoms with Crippen LogP contribution in [-0.2, 0) is 14.4 Å². The van der Waals surface area contributed by atoms with E-state index in [1.54, 1.807) is 0 Å². The van der Waals surface area contributed by atoms with Crippen molar-refractivity contribution < 1.29 is 14.4 Å². The van der Waals surface area contributed by atoms with Crippen molar-refractivity contribution in [2.24, 2.45) is 0 Å². The number of rotatable bonds is 49. The van der Waals surface area contributed by atoms with Gasteiger partial charge in [-0.15, -0.1) is 0 Å². The number of carbonyl (C=O) groups is 3. The molecule has 0 atom stereocenters. The fraction of sp³-hybridized carbons (Fsp3) is 0.942. The standard InChI is InChI=1S/C52H104N4O3/c1-5-8-11-14-17-20-23-24-27-30-33-36-39-50(57)40-46-56(47-42-52(59)54-44-38-35-32-29-26-22-19-16-13-10-7-3)49-48-55(4)45-41-51(58)53-43-37-34-31-28-25-21-18-15-12-9-6-2/h5-49H2,1-4H3,(H,53,58)(H,54,59). The van der Waals surface area contributed by atoms with E-state index in [0.717, 1.165) is 58.4 Å². The number of amides is 2. The summed E-state index contributed by atoms with van der Waals surface area (Å²) in [7, 11) is 2.08. The molecular formula is C52H104N4O3. The van der Waals surface area contributed by atoms with E-state index in [0.29, 0.717) is 44.6 Å². The summed E-state index contributed by atoms with van der Waals surface area (Å²) in [6, 6.07) is 0. The van der Waals surface area contributed by atoms with Gasteiger partial charge in [-0.25, -0.2) is 0 Å². The molecule has 0 aromatic heterocycles. The van der Waals surface area contributed by atoms with Gasteiger partial charge in [-0.3, -0.25) is 14.4 Å². The van der Waals surface area contributed by atoms with Gasteiger partial charge < -0.3 is 20.4 Å². The fourth-order valence-electron chi connectivity index (χ4n) is 8.09. The highest BCUT2D eigenvalue weighted by Crippen LogP contribution is 2.15. The molecule has 0 unspecified atom stereocenters. The second-order valence-electron chi connectivity index (χ2n) is 18.3. The predicted molar refractivity (Wildman–Crippen MR) is 257 cm³/mol. The number of nitrogens with zero attached hydrogens (tertiary/aromatic N) is 2. The summed E-state index contributed by atoms with van der Waals surface area (Å²) < 4.78 is 0. The first kappa shape index (κ1) is 57.5. The number of ketones is 1. The topological polar surface area (TPSA) is 81.8 Å². The van der Waals surface area contributed by atoms with E-state index in [-0.39, 0.29) is 11.8 Å². The summed E-state index contributed by atoms with van der Waals surface area (Å²) in [5.41, 5.74) is 0. The Morgan fingerprint density at radius 3 is 1.00 bits per heavy atom. The summed E-state index contributed by atoms with van der Waals surface area (Å²) in [5, 5.41) is 6.28. The molecule has 0 saturated heterocycles. The van der Waals surface area contributed by atoms with Crippen molar-refractivity contribution in [3.63, 3.8) is 0 Å². The van der Waals surface area contributed by atoms with Crippen LogP contribution in [0.4, 0.5) is 0 Å². The first-order valence-corrected chi connectivity index (χ1v) is 26.4. The van der Waals surface area contributed by atoms with Crippen LogP contribution in [0.2, 0.25) is 0 Å². The van der Waals surface area contributed by atoms with Crippen LogP contribution in [0.15, 0.2) is 0 Å². The minimum Gasteiger partial charge on any atom is -0.356 e. The minimum atomic E-state index is 0.118. The van der Waals surface area contributed by atoms with E-state index in [1.807, 2.05) is 0 Å². The Hall–Kier alpha value is -1.47. The molecule has 0 aliphatic heterocycles. The molecule has 0 fully saturated rings. The van der Waals surface area contributed by atoms with Crippen molar-refractivity contribution in [2.75, 3.05) is 52.9 Å². The van der Waals surface area contributed by atoms with E-state index in [1.165, 1.54) is 193 Å². The normalized spacial score (nSPS) is 11.6. The maximum atomic E-state index is 12.9. The van der Waals surface area contributed by atoms with E-state index >= 15 is 0 Å². The van der Waals surface area contributed by atoms with Gasteiger partial charge >= 0.3 is 0 Å². The Morgan fingerprint density at radius 2 is 0.627 bits per heavy atom. The number of likely N-dealkylation sites (N-methyl/N-ethyl adjacent to an activating group) is 1. The Morgan fingerprint density at radius 1 is 0.322 bits per heavy atom. The van der Waals surface area contributed by atoms with Crippen LogP contribution in [0.3, 0.4) is 0 Å². The molecule has 0 spiro atoms. The summed E-state index contributed by atoms with van der Waals surface area (Å²) in [4.78, 5) is 42.7. The van der Waals surface area contributed by atoms with Gasteiger partial charge in [-0.2, -0.15) is 0 Å². The maximum absolute atomic E-state index is 12.9. The molecule has 0 bridgehead atoms. The zero-order valence-corrected chi connectivity index (χ0v) is 40.4. The molecule has 0 heterocycles. The first-order valence-electron chi connectivity index (χ1n) is 26.4. The smallest absolute Gasteiger partial charge is 0.221 e. The monoisotopic (exact) mass is 833 g/mol. The van der Waals surface area contributed by atoms with Crippen molar-refractivity contribution in [1.29, 1.82) is 0 Å². The van der Waals surface area contributed by atoms with Crippen LogP contribution in [0, 0.1) is 0 Å². The van der Waals surface area contributed by atoms with Crippen molar-refractivity contribution in [3.05, 3.63) is 0 Å². The average Bonchev–Trinajstić information content (AvgIpc) is 3.23. The molecule has 0 saturated carbocycles. The lowest BCUT2D eigenvalue weighted by molar-refractivity contribution is -0.122. The van der Waals surface area contributed by atoms with Gasteiger partial charge in [0, 0.05) is 71.5 Å². The quantitative estimate of drug-likeness (QED) is 0.0597. The first-order chi connectivity index (χ1) is 28.9. The lowest BCUT2D eigenvalue weighted by atomic mass is 10.0. The molecule has 2 amide bonds. The maximum Gasteiger partial charge on any atom is 0.221 e. The zero-order chi connectivity index (χ0) is 43.1. The highest BCUT2D eigenvalue weighted by molar-refractivity contribution is 5.78. The van der Waals surface area contributed by atoms with Crippen LogP contribution in [0.25, 0.3) is 0 Å². The van der Waals surface area contributed by atoms with E-state index in [2.05, 4.69) is 48.3 Å². The molecule has 7 nitrogen and oxygen atoms in total. The fourth-order valence-corrected chi connectivity index (χ4v) is 8.09. The van der Waals surface area contributed by atoms with Gasteiger partial charge in [-0.1, -0.05) is 220 Å². The number of Topliss-reactive ketones (excluding diaryl/α,β-unsaturated/α-hetero) is 1. The van der Waals surface area contributed by atoms with Gasteiger partial charge in [0.15, 0.2) is 0 Å². The van der Waals surface area contributed by atoms with Crippen LogP contribution >= 0.6 is 0 Å². The minimum absolute atomic E-state index is 0.118. The highest BCUT2D eigenvalue weighted by Gasteiger charge is 2.13. The van der Waals surface area contributed by atoms with Crippen molar-refractivity contribution in [2.45, 2.75) is 265 Å². The number of carbonyl (C=O) groups excluding carboxylic acids is 3. The Bertz CT molecular complexity index is 855. The SMILES string of the molecule is CCCCCCCCCCCCCCC(=O)CCN(CCC(=O)NCCCCCCCCCCCCC)CCN(C)CCC(=O)NCCCCCCCCCCCCC.